The van der Waals surface area contributed by atoms with E-state index in [0.717, 1.165) is 32.3 Å². The molecule has 0 atom stereocenters. The summed E-state index contributed by atoms with van der Waals surface area (Å²) < 4.78 is 21.1. The van der Waals surface area contributed by atoms with Gasteiger partial charge in [0.1, 0.15) is 13.2 Å². The van der Waals surface area contributed by atoms with Gasteiger partial charge in [-0.15, -0.1) is 0 Å². The van der Waals surface area contributed by atoms with E-state index in [1.54, 1.807) is 0 Å². The van der Waals surface area contributed by atoms with Crippen molar-refractivity contribution < 1.29 is 28.5 Å². The summed E-state index contributed by atoms with van der Waals surface area (Å²) in [6.45, 7) is 7.38. The molecular weight excluding hydrogens is 300 g/mol. The zero-order valence-corrected chi connectivity index (χ0v) is 14.6. The minimum Gasteiger partial charge on any atom is -0.379 e. The molecule has 0 aromatic carbocycles. The summed E-state index contributed by atoms with van der Waals surface area (Å²) in [6, 6.07) is 0. The lowest BCUT2D eigenvalue weighted by Gasteiger charge is -2.06. The van der Waals surface area contributed by atoms with Crippen molar-refractivity contribution in [1.29, 1.82) is 0 Å². The van der Waals surface area contributed by atoms with Gasteiger partial charge >= 0.3 is 0 Å². The zero-order valence-electron chi connectivity index (χ0n) is 14.6. The number of carbonyl (C=O) groups is 2. The monoisotopic (exact) mass is 332 g/mol. The normalized spacial score (nSPS) is 10.9. The number of unbranched alkanes of at least 4 members (excludes halogenated alkanes) is 2. The van der Waals surface area contributed by atoms with Crippen LogP contribution in [0.1, 0.15) is 46.0 Å². The highest BCUT2D eigenvalue weighted by Gasteiger charge is 2.03. The van der Waals surface area contributed by atoms with E-state index < -0.39 is 0 Å². The summed E-state index contributed by atoms with van der Waals surface area (Å²) in [4.78, 5) is 22.1. The summed E-state index contributed by atoms with van der Waals surface area (Å²) >= 11 is 0. The number of Topliss-reactive ketones (excluding diaryl/α,β-unsaturated/α-hetero) is 2. The lowest BCUT2D eigenvalue weighted by Crippen LogP contribution is -2.13. The average Bonchev–Trinajstić information content (AvgIpc) is 2.51. The van der Waals surface area contributed by atoms with Gasteiger partial charge in [-0.25, -0.2) is 0 Å². The summed E-state index contributed by atoms with van der Waals surface area (Å²) in [7, 11) is 0. The van der Waals surface area contributed by atoms with Crippen molar-refractivity contribution in [3.05, 3.63) is 0 Å². The first-order valence-corrected chi connectivity index (χ1v) is 8.49. The average molecular weight is 332 g/mol. The van der Waals surface area contributed by atoms with Gasteiger partial charge in [0.25, 0.3) is 0 Å². The molecule has 0 saturated carbocycles. The molecule has 136 valence electrons. The highest BCUT2D eigenvalue weighted by Crippen LogP contribution is 1.98. The zero-order chi connectivity index (χ0) is 17.2. The third-order valence-corrected chi connectivity index (χ3v) is 2.95. The molecule has 0 aromatic heterocycles. The van der Waals surface area contributed by atoms with Crippen molar-refractivity contribution in [1.82, 2.24) is 0 Å². The Balaban J connectivity index is 3.12. The Morgan fingerprint density at radius 3 is 1.83 bits per heavy atom. The standard InChI is InChI=1S/C17H32O6/c1-3-4-8-20-10-12-22-13-11-21-9-6-5-7-17(19)15-23-14-16(2)18/h3-15H2,1-2H3. The van der Waals surface area contributed by atoms with Gasteiger partial charge in [0.05, 0.1) is 26.4 Å². The molecule has 0 radical (unpaired) electrons. The van der Waals surface area contributed by atoms with E-state index >= 15 is 0 Å². The highest BCUT2D eigenvalue weighted by molar-refractivity contribution is 5.80. The summed E-state index contributed by atoms with van der Waals surface area (Å²) in [5, 5.41) is 0. The quantitative estimate of drug-likeness (QED) is 0.358. The Hall–Kier alpha value is -0.820. The van der Waals surface area contributed by atoms with E-state index in [1.807, 2.05) is 0 Å². The molecule has 0 aromatic rings. The van der Waals surface area contributed by atoms with Crippen molar-refractivity contribution in [2.24, 2.45) is 0 Å². The largest absolute Gasteiger partial charge is 0.379 e. The molecular formula is C17H32O6. The molecule has 0 amide bonds. The van der Waals surface area contributed by atoms with E-state index in [9.17, 15) is 9.59 Å². The van der Waals surface area contributed by atoms with E-state index in [4.69, 9.17) is 18.9 Å². The van der Waals surface area contributed by atoms with Crippen LogP contribution < -0.4 is 0 Å². The molecule has 0 unspecified atom stereocenters. The number of carbonyl (C=O) groups excluding carboxylic acids is 2. The van der Waals surface area contributed by atoms with Crippen LogP contribution in [0.25, 0.3) is 0 Å². The minimum atomic E-state index is -0.0686. The molecule has 0 fully saturated rings. The summed E-state index contributed by atoms with van der Waals surface area (Å²) in [5.74, 6) is -0.0430. The fourth-order valence-electron chi connectivity index (χ4n) is 1.70. The van der Waals surface area contributed by atoms with Crippen LogP contribution >= 0.6 is 0 Å². The van der Waals surface area contributed by atoms with Gasteiger partial charge in [-0.1, -0.05) is 13.3 Å². The molecule has 0 heterocycles. The smallest absolute Gasteiger partial charge is 0.158 e. The summed E-state index contributed by atoms with van der Waals surface area (Å²) in [5.41, 5.74) is 0. The number of hydrogen-bond donors (Lipinski definition) is 0. The maximum absolute atomic E-state index is 11.4. The maximum Gasteiger partial charge on any atom is 0.158 e. The van der Waals surface area contributed by atoms with Crippen LogP contribution in [0.3, 0.4) is 0 Å². The van der Waals surface area contributed by atoms with Crippen LogP contribution in [0.5, 0.6) is 0 Å². The van der Waals surface area contributed by atoms with Gasteiger partial charge < -0.3 is 18.9 Å². The molecule has 23 heavy (non-hydrogen) atoms. The van der Waals surface area contributed by atoms with Crippen molar-refractivity contribution >= 4 is 11.6 Å². The number of ketones is 2. The molecule has 0 N–H and O–H groups in total. The van der Waals surface area contributed by atoms with Gasteiger partial charge in [-0.3, -0.25) is 9.59 Å². The molecule has 0 bridgehead atoms. The number of hydrogen-bond acceptors (Lipinski definition) is 6. The minimum absolute atomic E-state index is 0.0124. The molecule has 0 aliphatic rings. The highest BCUT2D eigenvalue weighted by atomic mass is 16.5. The van der Waals surface area contributed by atoms with Crippen molar-refractivity contribution in [2.45, 2.75) is 46.0 Å². The first-order chi connectivity index (χ1) is 11.2. The predicted octanol–water partition coefficient (Wildman–Crippen LogP) is 2.18. The Bertz CT molecular complexity index is 293. The number of ether oxygens (including phenoxy) is 4. The Morgan fingerprint density at radius 1 is 0.696 bits per heavy atom. The van der Waals surface area contributed by atoms with Crippen LogP contribution in [-0.4, -0.2) is 64.4 Å². The second kappa shape index (κ2) is 17.5. The van der Waals surface area contributed by atoms with E-state index in [0.29, 0.717) is 39.5 Å². The van der Waals surface area contributed by atoms with E-state index in [2.05, 4.69) is 6.92 Å². The van der Waals surface area contributed by atoms with Crippen LogP contribution in [0.2, 0.25) is 0 Å². The van der Waals surface area contributed by atoms with E-state index in [-0.39, 0.29) is 24.8 Å². The predicted molar refractivity (Wildman–Crippen MR) is 87.7 cm³/mol. The topological polar surface area (TPSA) is 71.1 Å². The lowest BCUT2D eigenvalue weighted by atomic mass is 10.2. The Morgan fingerprint density at radius 2 is 1.26 bits per heavy atom. The van der Waals surface area contributed by atoms with Crippen LogP contribution in [0, 0.1) is 0 Å². The second-order valence-corrected chi connectivity index (χ2v) is 5.38. The first kappa shape index (κ1) is 22.2. The van der Waals surface area contributed by atoms with Crippen LogP contribution in [0.15, 0.2) is 0 Å². The molecule has 0 rings (SSSR count). The van der Waals surface area contributed by atoms with Crippen LogP contribution in [0.4, 0.5) is 0 Å². The third kappa shape index (κ3) is 19.1. The van der Waals surface area contributed by atoms with Crippen molar-refractivity contribution in [3.63, 3.8) is 0 Å². The van der Waals surface area contributed by atoms with Crippen molar-refractivity contribution in [2.75, 3.05) is 52.9 Å². The second-order valence-electron chi connectivity index (χ2n) is 5.38. The van der Waals surface area contributed by atoms with Gasteiger partial charge in [0.15, 0.2) is 11.6 Å². The molecule has 6 nitrogen and oxygen atoms in total. The molecule has 0 aliphatic carbocycles. The van der Waals surface area contributed by atoms with Crippen LogP contribution in [-0.2, 0) is 28.5 Å². The molecule has 0 spiro atoms. The van der Waals surface area contributed by atoms with Gasteiger partial charge in [-0.05, 0) is 26.2 Å². The number of rotatable bonds is 18. The van der Waals surface area contributed by atoms with Gasteiger partial charge in [-0.2, -0.15) is 0 Å². The molecule has 0 aliphatic heterocycles. The summed E-state index contributed by atoms with van der Waals surface area (Å²) in [6.07, 6.45) is 4.31. The van der Waals surface area contributed by atoms with E-state index in [1.165, 1.54) is 6.92 Å². The lowest BCUT2D eigenvalue weighted by molar-refractivity contribution is -0.127. The van der Waals surface area contributed by atoms with Gasteiger partial charge in [0.2, 0.25) is 0 Å². The Labute approximate surface area is 139 Å². The first-order valence-electron chi connectivity index (χ1n) is 8.49. The third-order valence-electron chi connectivity index (χ3n) is 2.95. The molecule has 0 saturated heterocycles. The van der Waals surface area contributed by atoms with Gasteiger partial charge in [0, 0.05) is 19.6 Å². The maximum atomic E-state index is 11.4. The Kier molecular flexibility index (Phi) is 16.9. The fourth-order valence-corrected chi connectivity index (χ4v) is 1.70. The molecule has 6 heteroatoms. The fraction of sp³-hybridized carbons (Fsp3) is 0.882. The SMILES string of the molecule is CCCCOCCOCCOCCCCC(=O)COCC(C)=O. The van der Waals surface area contributed by atoms with Crippen molar-refractivity contribution in [3.8, 4) is 0 Å².